The molecule has 0 aliphatic carbocycles. The highest BCUT2D eigenvalue weighted by Crippen LogP contribution is 2.19. The number of hydrogen-bond donors (Lipinski definition) is 1. The van der Waals surface area contributed by atoms with Gasteiger partial charge in [0.05, 0.1) is 0 Å². The summed E-state index contributed by atoms with van der Waals surface area (Å²) in [5.41, 5.74) is 8.35. The summed E-state index contributed by atoms with van der Waals surface area (Å²) in [5, 5.41) is 0. The maximum absolute atomic E-state index is 12.8. The van der Waals surface area contributed by atoms with E-state index in [0.717, 1.165) is 17.1 Å². The van der Waals surface area contributed by atoms with E-state index in [0.29, 0.717) is 0 Å². The quantitative estimate of drug-likeness (QED) is 0.887. The van der Waals surface area contributed by atoms with Gasteiger partial charge in [0.2, 0.25) is 0 Å². The summed E-state index contributed by atoms with van der Waals surface area (Å²) in [6.07, 6.45) is 0. The van der Waals surface area contributed by atoms with Crippen molar-refractivity contribution in [2.75, 3.05) is 5.75 Å². The van der Waals surface area contributed by atoms with Gasteiger partial charge in [-0.3, -0.25) is 0 Å². The Morgan fingerprint density at radius 3 is 2.33 bits per heavy atom. The standard InChI is InChI=1S/C15H16FNS/c16-14-8-6-13(7-9-14)15(17)11-18-10-12-4-2-1-3-5-12/h1-9,15H,10-11,17H2. The molecule has 0 bridgehead atoms. The number of nitrogens with two attached hydrogens (primary N) is 1. The molecule has 2 rings (SSSR count). The summed E-state index contributed by atoms with van der Waals surface area (Å²) in [4.78, 5) is 0. The van der Waals surface area contributed by atoms with Crippen LogP contribution in [0, 0.1) is 5.82 Å². The van der Waals surface area contributed by atoms with Crippen molar-refractivity contribution in [1.29, 1.82) is 0 Å². The maximum atomic E-state index is 12.8. The van der Waals surface area contributed by atoms with E-state index in [1.807, 2.05) is 18.2 Å². The lowest BCUT2D eigenvalue weighted by Crippen LogP contribution is -2.13. The Balaban J connectivity index is 1.81. The largest absolute Gasteiger partial charge is 0.323 e. The average Bonchev–Trinajstić information content (AvgIpc) is 2.40. The molecule has 0 aliphatic heterocycles. The van der Waals surface area contributed by atoms with Gasteiger partial charge in [0.15, 0.2) is 0 Å². The first kappa shape index (κ1) is 13.1. The number of halogens is 1. The maximum Gasteiger partial charge on any atom is 0.123 e. The van der Waals surface area contributed by atoms with Crippen LogP contribution in [0.3, 0.4) is 0 Å². The van der Waals surface area contributed by atoms with Gasteiger partial charge in [0.1, 0.15) is 5.82 Å². The van der Waals surface area contributed by atoms with E-state index in [1.54, 1.807) is 23.9 Å². The van der Waals surface area contributed by atoms with Crippen molar-refractivity contribution in [2.45, 2.75) is 11.8 Å². The molecule has 0 aromatic heterocycles. The average molecular weight is 261 g/mol. The van der Waals surface area contributed by atoms with Gasteiger partial charge in [-0.25, -0.2) is 4.39 Å². The smallest absolute Gasteiger partial charge is 0.123 e. The summed E-state index contributed by atoms with van der Waals surface area (Å²) in [6, 6.07) is 16.7. The van der Waals surface area contributed by atoms with Crippen LogP contribution in [0.2, 0.25) is 0 Å². The Bertz CT molecular complexity index is 470. The van der Waals surface area contributed by atoms with E-state index >= 15 is 0 Å². The van der Waals surface area contributed by atoms with Crippen molar-refractivity contribution in [3.8, 4) is 0 Å². The fourth-order valence-corrected chi connectivity index (χ4v) is 2.68. The number of benzene rings is 2. The molecule has 0 fully saturated rings. The third-order valence-electron chi connectivity index (χ3n) is 2.71. The lowest BCUT2D eigenvalue weighted by atomic mass is 10.1. The molecular weight excluding hydrogens is 245 g/mol. The fraction of sp³-hybridized carbons (Fsp3) is 0.200. The minimum absolute atomic E-state index is 0.0423. The highest BCUT2D eigenvalue weighted by atomic mass is 32.2. The molecule has 3 heteroatoms. The van der Waals surface area contributed by atoms with Crippen molar-refractivity contribution < 1.29 is 4.39 Å². The van der Waals surface area contributed by atoms with E-state index < -0.39 is 0 Å². The van der Waals surface area contributed by atoms with Crippen molar-refractivity contribution in [3.05, 3.63) is 71.5 Å². The summed E-state index contributed by atoms with van der Waals surface area (Å²) in [5.74, 6) is 1.57. The zero-order valence-electron chi connectivity index (χ0n) is 10.1. The second-order valence-electron chi connectivity index (χ2n) is 4.16. The van der Waals surface area contributed by atoms with Crippen molar-refractivity contribution in [1.82, 2.24) is 0 Å². The van der Waals surface area contributed by atoms with Crippen molar-refractivity contribution in [3.63, 3.8) is 0 Å². The second-order valence-corrected chi connectivity index (χ2v) is 5.19. The van der Waals surface area contributed by atoms with Gasteiger partial charge in [0.25, 0.3) is 0 Å². The van der Waals surface area contributed by atoms with E-state index in [1.165, 1.54) is 17.7 Å². The molecular formula is C15H16FNS. The molecule has 94 valence electrons. The minimum Gasteiger partial charge on any atom is -0.323 e. The van der Waals surface area contributed by atoms with Crippen LogP contribution in [0.5, 0.6) is 0 Å². The molecule has 0 radical (unpaired) electrons. The van der Waals surface area contributed by atoms with Crippen LogP contribution in [0.4, 0.5) is 4.39 Å². The second kappa shape index (κ2) is 6.57. The van der Waals surface area contributed by atoms with E-state index in [2.05, 4.69) is 12.1 Å². The Morgan fingerprint density at radius 1 is 1.00 bits per heavy atom. The van der Waals surface area contributed by atoms with Crippen molar-refractivity contribution in [2.24, 2.45) is 5.73 Å². The molecule has 2 N–H and O–H groups in total. The topological polar surface area (TPSA) is 26.0 Å². The monoisotopic (exact) mass is 261 g/mol. The summed E-state index contributed by atoms with van der Waals surface area (Å²) < 4.78 is 12.8. The number of thioether (sulfide) groups is 1. The predicted molar refractivity (Wildman–Crippen MR) is 75.9 cm³/mol. The van der Waals surface area contributed by atoms with Crippen LogP contribution < -0.4 is 5.73 Å². The molecule has 1 atom stereocenters. The SMILES string of the molecule is NC(CSCc1ccccc1)c1ccc(F)cc1. The molecule has 1 unspecified atom stereocenters. The molecule has 2 aromatic rings. The highest BCUT2D eigenvalue weighted by molar-refractivity contribution is 7.98. The molecule has 0 spiro atoms. The van der Waals surface area contributed by atoms with E-state index in [9.17, 15) is 4.39 Å². The van der Waals surface area contributed by atoms with Crippen LogP contribution in [0.1, 0.15) is 17.2 Å². The van der Waals surface area contributed by atoms with E-state index in [-0.39, 0.29) is 11.9 Å². The van der Waals surface area contributed by atoms with Crippen LogP contribution in [0.15, 0.2) is 54.6 Å². The van der Waals surface area contributed by atoms with Gasteiger partial charge < -0.3 is 5.73 Å². The first-order chi connectivity index (χ1) is 8.75. The molecule has 0 amide bonds. The van der Waals surface area contributed by atoms with Gasteiger partial charge in [-0.2, -0.15) is 11.8 Å². The predicted octanol–water partition coefficient (Wildman–Crippen LogP) is 3.76. The Kier molecular flexibility index (Phi) is 4.79. The summed E-state index contributed by atoms with van der Waals surface area (Å²) >= 11 is 1.79. The Morgan fingerprint density at radius 2 is 1.67 bits per heavy atom. The normalized spacial score (nSPS) is 12.3. The van der Waals surface area contributed by atoms with Crippen LogP contribution in [0.25, 0.3) is 0 Å². The number of hydrogen-bond acceptors (Lipinski definition) is 2. The van der Waals surface area contributed by atoms with E-state index in [4.69, 9.17) is 5.73 Å². The summed E-state index contributed by atoms with van der Waals surface area (Å²) in [6.45, 7) is 0. The van der Waals surface area contributed by atoms with Gasteiger partial charge in [0, 0.05) is 17.5 Å². The third kappa shape index (κ3) is 3.86. The molecule has 0 saturated carbocycles. The minimum atomic E-state index is -0.220. The fourth-order valence-electron chi connectivity index (χ4n) is 1.68. The van der Waals surface area contributed by atoms with Crippen LogP contribution >= 0.6 is 11.8 Å². The van der Waals surface area contributed by atoms with Crippen LogP contribution in [-0.4, -0.2) is 5.75 Å². The lowest BCUT2D eigenvalue weighted by molar-refractivity contribution is 0.626. The first-order valence-corrected chi connectivity index (χ1v) is 7.04. The van der Waals surface area contributed by atoms with Gasteiger partial charge >= 0.3 is 0 Å². The number of rotatable bonds is 5. The molecule has 2 aromatic carbocycles. The van der Waals surface area contributed by atoms with Gasteiger partial charge in [-0.05, 0) is 23.3 Å². The lowest BCUT2D eigenvalue weighted by Gasteiger charge is -2.11. The summed E-state index contributed by atoms with van der Waals surface area (Å²) in [7, 11) is 0. The highest BCUT2D eigenvalue weighted by Gasteiger charge is 2.06. The van der Waals surface area contributed by atoms with Gasteiger partial charge in [-0.1, -0.05) is 42.5 Å². The molecule has 0 aliphatic rings. The molecule has 1 nitrogen and oxygen atoms in total. The zero-order valence-corrected chi connectivity index (χ0v) is 10.9. The van der Waals surface area contributed by atoms with Crippen LogP contribution in [-0.2, 0) is 5.75 Å². The zero-order chi connectivity index (χ0) is 12.8. The van der Waals surface area contributed by atoms with Crippen molar-refractivity contribution >= 4 is 11.8 Å². The third-order valence-corrected chi connectivity index (χ3v) is 3.84. The Labute approximate surface area is 111 Å². The first-order valence-electron chi connectivity index (χ1n) is 5.88. The molecule has 0 saturated heterocycles. The Hall–Kier alpha value is -1.32. The molecule has 18 heavy (non-hydrogen) atoms. The molecule has 0 heterocycles. The van der Waals surface area contributed by atoms with Gasteiger partial charge in [-0.15, -0.1) is 0 Å².